The van der Waals surface area contributed by atoms with Gasteiger partial charge in [-0.15, -0.1) is 10.2 Å². The molecule has 3 aromatic heterocycles. The number of aromatic nitrogens is 6. The summed E-state index contributed by atoms with van der Waals surface area (Å²) in [5.41, 5.74) is 5.11. The third-order valence-electron chi connectivity index (χ3n) is 5.42. The van der Waals surface area contributed by atoms with E-state index in [0.717, 1.165) is 34.7 Å². The van der Waals surface area contributed by atoms with Gasteiger partial charge in [-0.3, -0.25) is 9.78 Å². The molecule has 9 nitrogen and oxygen atoms in total. The van der Waals surface area contributed by atoms with Crippen molar-refractivity contribution >= 4 is 17.3 Å². The molecule has 0 bridgehead atoms. The van der Waals surface area contributed by atoms with Crippen molar-refractivity contribution in [3.63, 3.8) is 0 Å². The van der Waals surface area contributed by atoms with Crippen LogP contribution in [-0.2, 0) is 12.8 Å². The van der Waals surface area contributed by atoms with Gasteiger partial charge in [0.15, 0.2) is 0 Å². The predicted molar refractivity (Wildman–Crippen MR) is 115 cm³/mol. The number of anilines is 2. The molecule has 0 atom stereocenters. The Hall–Kier alpha value is -3.75. The Morgan fingerprint density at radius 1 is 1.10 bits per heavy atom. The van der Waals surface area contributed by atoms with Crippen LogP contribution in [0.2, 0.25) is 0 Å². The van der Waals surface area contributed by atoms with Gasteiger partial charge in [0.25, 0.3) is 5.56 Å². The van der Waals surface area contributed by atoms with E-state index in [1.165, 1.54) is 0 Å². The number of nitrogens with one attached hydrogen (secondary N) is 1. The summed E-state index contributed by atoms with van der Waals surface area (Å²) in [6, 6.07) is 12.1. The van der Waals surface area contributed by atoms with E-state index in [0.29, 0.717) is 31.0 Å². The van der Waals surface area contributed by atoms with E-state index in [-0.39, 0.29) is 5.56 Å². The maximum Gasteiger partial charge on any atom is 0.255 e. The first-order valence-corrected chi connectivity index (χ1v) is 9.91. The summed E-state index contributed by atoms with van der Waals surface area (Å²) in [4.78, 5) is 24.2. The van der Waals surface area contributed by atoms with Crippen LogP contribution >= 0.6 is 0 Å². The highest BCUT2D eigenvalue weighted by Gasteiger charge is 2.22. The summed E-state index contributed by atoms with van der Waals surface area (Å²) in [6.07, 6.45) is 2.92. The van der Waals surface area contributed by atoms with Crippen molar-refractivity contribution in [3.8, 4) is 11.3 Å². The number of nitrogens with zero attached hydrogens (tertiary/aromatic N) is 7. The van der Waals surface area contributed by atoms with Gasteiger partial charge in [0.2, 0.25) is 11.6 Å². The van der Waals surface area contributed by atoms with E-state index in [1.807, 2.05) is 49.3 Å². The third-order valence-corrected chi connectivity index (χ3v) is 5.42. The minimum absolute atomic E-state index is 0.0575. The van der Waals surface area contributed by atoms with Crippen LogP contribution in [0.1, 0.15) is 11.3 Å². The molecule has 4 aromatic rings. The molecule has 0 spiro atoms. The van der Waals surface area contributed by atoms with E-state index in [1.54, 1.807) is 10.8 Å². The maximum absolute atomic E-state index is 12.6. The van der Waals surface area contributed by atoms with E-state index in [4.69, 9.17) is 0 Å². The van der Waals surface area contributed by atoms with Gasteiger partial charge in [0.1, 0.15) is 6.33 Å². The van der Waals surface area contributed by atoms with Gasteiger partial charge < -0.3 is 9.80 Å². The van der Waals surface area contributed by atoms with Gasteiger partial charge in [-0.25, -0.2) is 4.98 Å². The van der Waals surface area contributed by atoms with Gasteiger partial charge in [0, 0.05) is 44.7 Å². The predicted octanol–water partition coefficient (Wildman–Crippen LogP) is 1.55. The molecule has 0 amide bonds. The summed E-state index contributed by atoms with van der Waals surface area (Å²) in [7, 11) is 3.75. The quantitative estimate of drug-likeness (QED) is 0.555. The van der Waals surface area contributed by atoms with Crippen LogP contribution in [0.4, 0.5) is 11.6 Å². The minimum atomic E-state index is -0.0575. The monoisotopic (exact) mass is 402 g/mol. The van der Waals surface area contributed by atoms with Crippen molar-refractivity contribution in [1.29, 1.82) is 0 Å². The fraction of sp³-hybridized carbons (Fsp3) is 0.286. The van der Waals surface area contributed by atoms with Crippen molar-refractivity contribution in [3.05, 3.63) is 64.3 Å². The molecule has 1 N–H and O–H groups in total. The molecule has 0 saturated heterocycles. The first kappa shape index (κ1) is 18.3. The number of rotatable bonds is 3. The number of benzene rings is 1. The molecule has 30 heavy (non-hydrogen) atoms. The lowest BCUT2D eigenvalue weighted by Crippen LogP contribution is -2.27. The molecule has 0 unspecified atom stereocenters. The second kappa shape index (κ2) is 7.25. The second-order valence-corrected chi connectivity index (χ2v) is 7.58. The molecule has 0 radical (unpaired) electrons. The van der Waals surface area contributed by atoms with E-state index in [2.05, 4.69) is 36.2 Å². The molecule has 0 aliphatic carbocycles. The van der Waals surface area contributed by atoms with Crippen LogP contribution in [0.3, 0.4) is 0 Å². The van der Waals surface area contributed by atoms with Crippen LogP contribution in [0.25, 0.3) is 16.9 Å². The molecule has 0 fully saturated rings. The fourth-order valence-electron chi connectivity index (χ4n) is 3.84. The molecule has 1 aliphatic rings. The van der Waals surface area contributed by atoms with Crippen molar-refractivity contribution < 1.29 is 0 Å². The Morgan fingerprint density at radius 2 is 1.90 bits per heavy atom. The van der Waals surface area contributed by atoms with E-state index >= 15 is 0 Å². The first-order chi connectivity index (χ1) is 14.6. The molecule has 152 valence electrons. The fourth-order valence-corrected chi connectivity index (χ4v) is 3.84. The van der Waals surface area contributed by atoms with Gasteiger partial charge in [-0.1, -0.05) is 30.3 Å². The normalized spacial score (nSPS) is 13.9. The van der Waals surface area contributed by atoms with Crippen LogP contribution in [0, 0.1) is 0 Å². The Bertz CT molecular complexity index is 1260. The highest BCUT2D eigenvalue weighted by atomic mass is 16.1. The van der Waals surface area contributed by atoms with Gasteiger partial charge >= 0.3 is 0 Å². The Labute approximate surface area is 173 Å². The second-order valence-electron chi connectivity index (χ2n) is 7.58. The molecule has 1 aromatic carbocycles. The lowest BCUT2D eigenvalue weighted by molar-refractivity contribution is 0.795. The molecule has 0 saturated carbocycles. The number of H-pyrrole nitrogens is 1. The summed E-state index contributed by atoms with van der Waals surface area (Å²) < 4.78 is 1.71. The Morgan fingerprint density at radius 3 is 2.70 bits per heavy atom. The molecule has 5 rings (SSSR count). The van der Waals surface area contributed by atoms with Crippen LogP contribution in [0.15, 0.2) is 47.5 Å². The van der Waals surface area contributed by atoms with Crippen molar-refractivity contribution in [1.82, 2.24) is 29.8 Å². The SMILES string of the molecule is CN(C)c1nc2c(c(=O)[nH]1)CCN(c1cc(-c3ccccc3)nn3cnnc13)CC2. The number of hydrogen-bond acceptors (Lipinski definition) is 7. The average Bonchev–Trinajstić information content (AvgIpc) is 3.13. The van der Waals surface area contributed by atoms with Crippen LogP contribution in [-0.4, -0.2) is 57.0 Å². The van der Waals surface area contributed by atoms with E-state index < -0.39 is 0 Å². The number of aromatic amines is 1. The highest BCUT2D eigenvalue weighted by molar-refractivity contribution is 5.74. The lowest BCUT2D eigenvalue weighted by Gasteiger charge is -2.23. The molecule has 9 heteroatoms. The van der Waals surface area contributed by atoms with E-state index in [9.17, 15) is 4.79 Å². The Kier molecular flexibility index (Phi) is 4.42. The summed E-state index contributed by atoms with van der Waals surface area (Å²) in [5.74, 6) is 0.585. The molecular formula is C21H22N8O. The number of hydrogen-bond donors (Lipinski definition) is 1. The average molecular weight is 402 g/mol. The van der Waals surface area contributed by atoms with Crippen LogP contribution in [0.5, 0.6) is 0 Å². The molecule has 1 aliphatic heterocycles. The molecular weight excluding hydrogens is 380 g/mol. The van der Waals surface area contributed by atoms with Gasteiger partial charge in [0.05, 0.1) is 17.1 Å². The zero-order valence-electron chi connectivity index (χ0n) is 16.9. The van der Waals surface area contributed by atoms with Crippen LogP contribution < -0.4 is 15.4 Å². The molecule has 4 heterocycles. The summed E-state index contributed by atoms with van der Waals surface area (Å²) >= 11 is 0. The standard InChI is InChI=1S/C21H22N8O/c1-27(2)21-23-16-9-11-28(10-8-15(16)20(30)24-21)18-12-17(14-6-4-3-5-7-14)26-29-13-22-25-19(18)29/h3-7,12-13H,8-11H2,1-2H3,(H,23,24,30). The van der Waals surface area contributed by atoms with Crippen molar-refractivity contribution in [2.75, 3.05) is 37.0 Å². The van der Waals surface area contributed by atoms with Gasteiger partial charge in [-0.05, 0) is 12.5 Å². The largest absolute Gasteiger partial charge is 0.368 e. The highest BCUT2D eigenvalue weighted by Crippen LogP contribution is 2.27. The minimum Gasteiger partial charge on any atom is -0.368 e. The van der Waals surface area contributed by atoms with Crippen molar-refractivity contribution in [2.45, 2.75) is 12.8 Å². The Balaban J connectivity index is 1.54. The zero-order valence-corrected chi connectivity index (χ0v) is 16.9. The third kappa shape index (κ3) is 3.18. The van der Waals surface area contributed by atoms with Crippen molar-refractivity contribution in [2.24, 2.45) is 0 Å². The topological polar surface area (TPSA) is 95.3 Å². The zero-order chi connectivity index (χ0) is 20.7. The maximum atomic E-state index is 12.6. The summed E-state index contributed by atoms with van der Waals surface area (Å²) in [5, 5.41) is 13.0. The first-order valence-electron chi connectivity index (χ1n) is 9.91. The smallest absolute Gasteiger partial charge is 0.255 e. The van der Waals surface area contributed by atoms with Gasteiger partial charge in [-0.2, -0.15) is 9.61 Å². The lowest BCUT2D eigenvalue weighted by atomic mass is 10.1. The number of fused-ring (bicyclic) bond motifs is 2. The summed E-state index contributed by atoms with van der Waals surface area (Å²) in [6.45, 7) is 1.43.